The van der Waals surface area contributed by atoms with Gasteiger partial charge in [-0.2, -0.15) is 0 Å². The molecular weight excluding hydrogens is 432 g/mol. The first-order valence-corrected chi connectivity index (χ1v) is 10.8. The number of rotatable bonds is 6. The molecule has 0 radical (unpaired) electrons. The molecule has 3 rings (SSSR count). The smallest absolute Gasteiger partial charge is 0.231 e. The molecule has 0 bridgehead atoms. The van der Waals surface area contributed by atoms with E-state index in [1.165, 1.54) is 30.6 Å². The summed E-state index contributed by atoms with van der Waals surface area (Å²) in [6.07, 6.45) is 1.42. The lowest BCUT2D eigenvalue weighted by atomic mass is 9.87. The summed E-state index contributed by atoms with van der Waals surface area (Å²) < 4.78 is 3.18. The Hall–Kier alpha value is -2.90. The van der Waals surface area contributed by atoms with E-state index in [0.717, 1.165) is 4.90 Å². The molecule has 0 saturated heterocycles. The van der Waals surface area contributed by atoms with Crippen molar-refractivity contribution >= 4 is 46.7 Å². The van der Waals surface area contributed by atoms with Crippen LogP contribution in [0, 0.1) is 0 Å². The van der Waals surface area contributed by atoms with Crippen LogP contribution in [-0.4, -0.2) is 21.7 Å². The van der Waals surface area contributed by atoms with Crippen molar-refractivity contribution in [2.75, 3.05) is 10.0 Å². The van der Waals surface area contributed by atoms with Gasteiger partial charge in [0.05, 0.1) is 10.7 Å². The first-order valence-electron chi connectivity index (χ1n) is 9.62. The summed E-state index contributed by atoms with van der Waals surface area (Å²) in [7, 11) is 0. The summed E-state index contributed by atoms with van der Waals surface area (Å²) in [5, 5.41) is 2.98. The third kappa shape index (κ3) is 6.06. The highest BCUT2D eigenvalue weighted by atomic mass is 35.5. The van der Waals surface area contributed by atoms with Crippen LogP contribution in [-0.2, 0) is 10.2 Å². The highest BCUT2D eigenvalue weighted by molar-refractivity contribution is 8.00. The fourth-order valence-electron chi connectivity index (χ4n) is 2.77. The maximum Gasteiger partial charge on any atom is 0.231 e. The van der Waals surface area contributed by atoms with Crippen LogP contribution in [0.4, 0.5) is 11.5 Å². The Bertz CT molecular complexity index is 1110. The fraction of sp³-hybridized carbons (Fsp3) is 0.217. The van der Waals surface area contributed by atoms with E-state index >= 15 is 0 Å². The molecule has 0 saturated carbocycles. The maximum absolute atomic E-state index is 13.1. The second-order valence-corrected chi connectivity index (χ2v) is 9.26. The number of pyridine rings is 2. The molecule has 6 nitrogen and oxygen atoms in total. The third-order valence-electron chi connectivity index (χ3n) is 4.35. The standard InChI is InChI=1S/C23H23ClN4O2S/c1-14(29)26-20-7-5-6-18(27-20)22(30)21-19(12-16(24)13-25-21)28-31-17-10-8-15(9-11-17)23(2,3)4/h5-13,28H,1-4H3,(H,26,27,29). The van der Waals surface area contributed by atoms with Crippen molar-refractivity contribution in [3.05, 3.63) is 76.7 Å². The molecule has 160 valence electrons. The molecule has 2 heterocycles. The molecule has 3 aromatic rings. The van der Waals surface area contributed by atoms with E-state index in [0.29, 0.717) is 16.5 Å². The van der Waals surface area contributed by atoms with Crippen LogP contribution in [0.3, 0.4) is 0 Å². The number of hydrogen-bond donors (Lipinski definition) is 2. The minimum atomic E-state index is -0.380. The van der Waals surface area contributed by atoms with Crippen molar-refractivity contribution in [2.45, 2.75) is 38.0 Å². The van der Waals surface area contributed by atoms with Gasteiger partial charge in [-0.25, -0.2) is 9.97 Å². The SMILES string of the molecule is CC(=O)Nc1cccc(C(=O)c2ncc(Cl)cc2NSc2ccc(C(C)(C)C)cc2)n1. The van der Waals surface area contributed by atoms with E-state index in [-0.39, 0.29) is 28.5 Å². The van der Waals surface area contributed by atoms with Crippen LogP contribution in [0.1, 0.15) is 49.4 Å². The van der Waals surface area contributed by atoms with Gasteiger partial charge in [-0.1, -0.05) is 50.6 Å². The van der Waals surface area contributed by atoms with Crippen molar-refractivity contribution in [3.8, 4) is 0 Å². The van der Waals surface area contributed by atoms with E-state index in [9.17, 15) is 9.59 Å². The maximum atomic E-state index is 13.1. The predicted octanol–water partition coefficient (Wildman–Crippen LogP) is 5.74. The molecule has 0 aliphatic heterocycles. The van der Waals surface area contributed by atoms with Gasteiger partial charge in [0.15, 0.2) is 0 Å². The van der Waals surface area contributed by atoms with Crippen LogP contribution in [0.5, 0.6) is 0 Å². The second-order valence-electron chi connectivity index (χ2n) is 7.95. The van der Waals surface area contributed by atoms with Gasteiger partial charge in [0.25, 0.3) is 0 Å². The first-order chi connectivity index (χ1) is 14.6. The topological polar surface area (TPSA) is 84.0 Å². The lowest BCUT2D eigenvalue weighted by molar-refractivity contribution is -0.114. The molecule has 0 aliphatic carbocycles. The highest BCUT2D eigenvalue weighted by Gasteiger charge is 2.19. The average molecular weight is 455 g/mol. The number of halogens is 1. The lowest BCUT2D eigenvalue weighted by Gasteiger charge is -2.19. The Balaban J connectivity index is 1.82. The Morgan fingerprint density at radius 1 is 1.06 bits per heavy atom. The molecule has 0 aliphatic rings. The molecule has 31 heavy (non-hydrogen) atoms. The quantitative estimate of drug-likeness (QED) is 0.365. The van der Waals surface area contributed by atoms with E-state index in [1.54, 1.807) is 24.3 Å². The van der Waals surface area contributed by atoms with Crippen LogP contribution < -0.4 is 10.0 Å². The number of anilines is 2. The summed E-state index contributed by atoms with van der Waals surface area (Å²) >= 11 is 7.48. The third-order valence-corrected chi connectivity index (χ3v) is 5.39. The summed E-state index contributed by atoms with van der Waals surface area (Å²) in [6, 6.07) is 14.7. The van der Waals surface area contributed by atoms with E-state index in [2.05, 4.69) is 52.9 Å². The van der Waals surface area contributed by atoms with Gasteiger partial charge >= 0.3 is 0 Å². The van der Waals surface area contributed by atoms with Crippen LogP contribution in [0.15, 0.2) is 59.6 Å². The predicted molar refractivity (Wildman–Crippen MR) is 126 cm³/mol. The molecule has 8 heteroatoms. The normalized spacial score (nSPS) is 11.1. The Morgan fingerprint density at radius 2 is 1.77 bits per heavy atom. The minimum Gasteiger partial charge on any atom is -0.324 e. The van der Waals surface area contributed by atoms with Gasteiger partial charge in [0.1, 0.15) is 17.2 Å². The molecule has 0 spiro atoms. The van der Waals surface area contributed by atoms with Crippen molar-refractivity contribution < 1.29 is 9.59 Å². The molecule has 2 N–H and O–H groups in total. The van der Waals surface area contributed by atoms with Crippen molar-refractivity contribution in [3.63, 3.8) is 0 Å². The number of aromatic nitrogens is 2. The number of nitrogens with zero attached hydrogens (tertiary/aromatic N) is 2. The largest absolute Gasteiger partial charge is 0.324 e. The minimum absolute atomic E-state index is 0.0753. The number of carbonyl (C=O) groups is 2. The van der Waals surface area contributed by atoms with Crippen LogP contribution in [0.2, 0.25) is 5.02 Å². The average Bonchev–Trinajstić information content (AvgIpc) is 2.71. The summed E-state index contributed by atoms with van der Waals surface area (Å²) in [5.74, 6) is -0.344. The Labute approximate surface area is 191 Å². The molecular formula is C23H23ClN4O2S. The number of carbonyl (C=O) groups excluding carboxylic acids is 2. The molecule has 0 fully saturated rings. The molecule has 0 atom stereocenters. The van der Waals surface area contributed by atoms with E-state index in [1.807, 2.05) is 12.1 Å². The van der Waals surface area contributed by atoms with E-state index < -0.39 is 0 Å². The Morgan fingerprint density at radius 3 is 2.42 bits per heavy atom. The van der Waals surface area contributed by atoms with Gasteiger partial charge in [-0.3, -0.25) is 9.59 Å². The zero-order valence-electron chi connectivity index (χ0n) is 17.7. The van der Waals surface area contributed by atoms with Crippen molar-refractivity contribution in [2.24, 2.45) is 0 Å². The van der Waals surface area contributed by atoms with Gasteiger partial charge in [-0.05, 0) is 53.3 Å². The Kier molecular flexibility index (Phi) is 6.97. The van der Waals surface area contributed by atoms with E-state index in [4.69, 9.17) is 11.6 Å². The van der Waals surface area contributed by atoms with Crippen LogP contribution in [0.25, 0.3) is 0 Å². The summed E-state index contributed by atoms with van der Waals surface area (Å²) in [4.78, 5) is 33.7. The highest BCUT2D eigenvalue weighted by Crippen LogP contribution is 2.29. The van der Waals surface area contributed by atoms with Crippen LogP contribution >= 0.6 is 23.5 Å². The van der Waals surface area contributed by atoms with Crippen molar-refractivity contribution in [1.29, 1.82) is 0 Å². The molecule has 2 aromatic heterocycles. The van der Waals surface area contributed by atoms with Gasteiger partial charge in [0.2, 0.25) is 11.7 Å². The zero-order valence-corrected chi connectivity index (χ0v) is 19.3. The molecule has 0 unspecified atom stereocenters. The van der Waals surface area contributed by atoms with Gasteiger partial charge in [-0.15, -0.1) is 0 Å². The van der Waals surface area contributed by atoms with Gasteiger partial charge < -0.3 is 10.0 Å². The summed E-state index contributed by atoms with van der Waals surface area (Å²) in [6.45, 7) is 7.87. The monoisotopic (exact) mass is 454 g/mol. The number of ketones is 1. The molecule has 1 aromatic carbocycles. The zero-order chi connectivity index (χ0) is 22.6. The van der Waals surface area contributed by atoms with Gasteiger partial charge in [0, 0.05) is 18.0 Å². The number of benzene rings is 1. The number of amides is 1. The first kappa shape index (κ1) is 22.8. The van der Waals surface area contributed by atoms with Crippen molar-refractivity contribution in [1.82, 2.24) is 9.97 Å². The second kappa shape index (κ2) is 9.49. The molecule has 1 amide bonds. The lowest BCUT2D eigenvalue weighted by Crippen LogP contribution is -2.12. The fourth-order valence-corrected chi connectivity index (χ4v) is 3.58. The summed E-state index contributed by atoms with van der Waals surface area (Å²) in [5.41, 5.74) is 2.15. The number of nitrogens with one attached hydrogen (secondary N) is 2. The number of hydrogen-bond acceptors (Lipinski definition) is 6.